The lowest BCUT2D eigenvalue weighted by atomic mass is 9.88. The van der Waals surface area contributed by atoms with E-state index in [2.05, 4.69) is 4.98 Å². The summed E-state index contributed by atoms with van der Waals surface area (Å²) in [6.45, 7) is 2.56. The van der Waals surface area contributed by atoms with Crippen LogP contribution in [-0.4, -0.2) is 45.5 Å². The molecule has 1 fully saturated rings. The lowest BCUT2D eigenvalue weighted by Gasteiger charge is -2.41. The zero-order valence-electron chi connectivity index (χ0n) is 11.5. The third kappa shape index (κ3) is 2.69. The topological polar surface area (TPSA) is 96.5 Å². The molecule has 1 unspecified atom stereocenters. The molecule has 1 atom stereocenters. The normalized spacial score (nSPS) is 22.8. The highest BCUT2D eigenvalue weighted by Gasteiger charge is 2.44. The number of rotatable bonds is 4. The summed E-state index contributed by atoms with van der Waals surface area (Å²) in [5.41, 5.74) is 4.66. The van der Waals surface area contributed by atoms with E-state index < -0.39 is 11.5 Å². The van der Waals surface area contributed by atoms with Crippen LogP contribution in [0, 0.1) is 0 Å². The molecule has 0 aliphatic carbocycles. The van der Waals surface area contributed by atoms with E-state index in [0.717, 1.165) is 17.8 Å². The minimum Gasteiger partial charge on any atom is -0.480 e. The lowest BCUT2D eigenvalue weighted by molar-refractivity contribution is -0.150. The van der Waals surface area contributed by atoms with Crippen LogP contribution in [-0.2, 0) is 11.2 Å². The molecule has 1 aliphatic rings. The van der Waals surface area contributed by atoms with Gasteiger partial charge < -0.3 is 15.7 Å². The van der Waals surface area contributed by atoms with Crippen LogP contribution in [0.2, 0.25) is 0 Å². The van der Waals surface area contributed by atoms with Crippen molar-refractivity contribution in [2.75, 3.05) is 13.1 Å². The van der Waals surface area contributed by atoms with Crippen molar-refractivity contribution in [3.63, 3.8) is 0 Å². The number of thiazole rings is 1. The summed E-state index contributed by atoms with van der Waals surface area (Å²) in [6.07, 6.45) is 2.76. The minimum atomic E-state index is -1.13. The van der Waals surface area contributed by atoms with Crippen LogP contribution in [0.25, 0.3) is 0 Å². The smallest absolute Gasteiger partial charge is 0.329 e. The van der Waals surface area contributed by atoms with Crippen LogP contribution >= 0.6 is 11.3 Å². The van der Waals surface area contributed by atoms with Gasteiger partial charge in [-0.05, 0) is 32.7 Å². The Kier molecular flexibility index (Phi) is 4.39. The average molecular weight is 297 g/mol. The summed E-state index contributed by atoms with van der Waals surface area (Å²) in [5.74, 6) is -1.25. The maximum atomic E-state index is 12.5. The quantitative estimate of drug-likeness (QED) is 0.868. The van der Waals surface area contributed by atoms with E-state index >= 15 is 0 Å². The van der Waals surface area contributed by atoms with Crippen molar-refractivity contribution >= 4 is 23.2 Å². The number of nitrogens with zero attached hydrogens (tertiary/aromatic N) is 2. The number of likely N-dealkylation sites (tertiary alicyclic amines) is 1. The van der Waals surface area contributed by atoms with Gasteiger partial charge in [0, 0.05) is 18.3 Å². The second kappa shape index (κ2) is 5.88. The fourth-order valence-corrected chi connectivity index (χ4v) is 3.24. The summed E-state index contributed by atoms with van der Waals surface area (Å²) in [4.78, 5) is 29.7. The third-order valence-corrected chi connectivity index (χ3v) is 4.63. The first-order valence-electron chi connectivity index (χ1n) is 6.69. The second-order valence-electron chi connectivity index (χ2n) is 5.16. The summed E-state index contributed by atoms with van der Waals surface area (Å²) < 4.78 is 0. The van der Waals surface area contributed by atoms with Gasteiger partial charge in [0.1, 0.15) is 11.2 Å². The van der Waals surface area contributed by atoms with Gasteiger partial charge in [-0.25, -0.2) is 9.78 Å². The van der Waals surface area contributed by atoms with Crippen LogP contribution in [0.4, 0.5) is 0 Å². The van der Waals surface area contributed by atoms with Crippen molar-refractivity contribution in [2.24, 2.45) is 5.73 Å². The zero-order chi connectivity index (χ0) is 14.8. The fourth-order valence-electron chi connectivity index (χ4n) is 2.45. The Labute approximate surface area is 121 Å². The van der Waals surface area contributed by atoms with Gasteiger partial charge in [0.25, 0.3) is 5.91 Å². The van der Waals surface area contributed by atoms with E-state index in [9.17, 15) is 14.7 Å². The van der Waals surface area contributed by atoms with Gasteiger partial charge in [0.2, 0.25) is 0 Å². The van der Waals surface area contributed by atoms with Gasteiger partial charge in [-0.3, -0.25) is 4.79 Å². The van der Waals surface area contributed by atoms with Crippen molar-refractivity contribution in [3.8, 4) is 0 Å². The van der Waals surface area contributed by atoms with Crippen LogP contribution in [0.1, 0.15) is 41.7 Å². The molecule has 3 N–H and O–H groups in total. The van der Waals surface area contributed by atoms with Gasteiger partial charge in [-0.1, -0.05) is 0 Å². The first-order valence-corrected chi connectivity index (χ1v) is 7.57. The standard InChI is InChI=1S/C13H19N3O3S/c1-13(12(18)19)5-2-3-7-16(13)11(17)9-8-20-10(15-9)4-6-14/h8H,2-7,14H2,1H3,(H,18,19). The number of nitrogens with two attached hydrogens (primary N) is 1. The van der Waals surface area contributed by atoms with Crippen molar-refractivity contribution in [1.29, 1.82) is 0 Å². The van der Waals surface area contributed by atoms with E-state index in [1.165, 1.54) is 16.2 Å². The molecule has 0 saturated carbocycles. The van der Waals surface area contributed by atoms with Gasteiger partial charge >= 0.3 is 5.97 Å². The maximum absolute atomic E-state index is 12.5. The molecule has 1 aromatic rings. The molecule has 1 saturated heterocycles. The third-order valence-electron chi connectivity index (χ3n) is 3.73. The van der Waals surface area contributed by atoms with Crippen molar-refractivity contribution in [2.45, 2.75) is 38.1 Å². The Hall–Kier alpha value is -1.47. The van der Waals surface area contributed by atoms with E-state index in [1.807, 2.05) is 0 Å². The molecule has 7 heteroatoms. The van der Waals surface area contributed by atoms with Crippen LogP contribution in [0.3, 0.4) is 0 Å². The number of aliphatic carboxylic acids is 1. The highest BCUT2D eigenvalue weighted by molar-refractivity contribution is 7.09. The highest BCUT2D eigenvalue weighted by atomic mass is 32.1. The molecule has 0 spiro atoms. The van der Waals surface area contributed by atoms with Crippen LogP contribution in [0.15, 0.2) is 5.38 Å². The zero-order valence-corrected chi connectivity index (χ0v) is 12.3. The number of carboxylic acids is 1. The molecule has 0 radical (unpaired) electrons. The summed E-state index contributed by atoms with van der Waals surface area (Å²) in [6, 6.07) is 0. The first kappa shape index (κ1) is 14.9. The predicted octanol–water partition coefficient (Wildman–Crippen LogP) is 1.11. The lowest BCUT2D eigenvalue weighted by Crippen LogP contribution is -2.57. The van der Waals surface area contributed by atoms with Crippen molar-refractivity contribution in [1.82, 2.24) is 9.88 Å². The Bertz CT molecular complexity index is 517. The van der Waals surface area contributed by atoms with E-state index in [0.29, 0.717) is 31.6 Å². The number of hydrogen-bond acceptors (Lipinski definition) is 5. The summed E-state index contributed by atoms with van der Waals surface area (Å²) in [7, 11) is 0. The predicted molar refractivity (Wildman–Crippen MR) is 75.8 cm³/mol. The highest BCUT2D eigenvalue weighted by Crippen LogP contribution is 2.30. The molecule has 1 aromatic heterocycles. The Balaban J connectivity index is 2.23. The molecule has 6 nitrogen and oxygen atoms in total. The fraction of sp³-hybridized carbons (Fsp3) is 0.615. The summed E-state index contributed by atoms with van der Waals surface area (Å²) in [5, 5.41) is 11.9. The Morgan fingerprint density at radius 1 is 1.55 bits per heavy atom. The number of hydrogen-bond donors (Lipinski definition) is 2. The number of carboxylic acid groups (broad SMARTS) is 1. The van der Waals surface area contributed by atoms with Crippen LogP contribution in [0.5, 0.6) is 0 Å². The number of carbonyl (C=O) groups excluding carboxylic acids is 1. The minimum absolute atomic E-state index is 0.297. The average Bonchev–Trinajstić information content (AvgIpc) is 2.87. The van der Waals surface area contributed by atoms with E-state index in [4.69, 9.17) is 5.73 Å². The van der Waals surface area contributed by atoms with E-state index in [1.54, 1.807) is 12.3 Å². The molecular formula is C13H19N3O3S. The Morgan fingerprint density at radius 2 is 2.30 bits per heavy atom. The first-order chi connectivity index (χ1) is 9.49. The number of aromatic nitrogens is 1. The molecule has 1 aliphatic heterocycles. The van der Waals surface area contributed by atoms with Gasteiger partial charge in [-0.15, -0.1) is 11.3 Å². The molecule has 0 bridgehead atoms. The molecule has 1 amide bonds. The second-order valence-corrected chi connectivity index (χ2v) is 6.10. The largest absolute Gasteiger partial charge is 0.480 e. The Morgan fingerprint density at radius 3 is 2.95 bits per heavy atom. The summed E-state index contributed by atoms with van der Waals surface area (Å²) >= 11 is 1.39. The molecule has 110 valence electrons. The van der Waals surface area contributed by atoms with Crippen molar-refractivity contribution in [3.05, 3.63) is 16.1 Å². The molecule has 0 aromatic carbocycles. The van der Waals surface area contributed by atoms with Crippen LogP contribution < -0.4 is 5.73 Å². The van der Waals surface area contributed by atoms with E-state index in [-0.39, 0.29) is 5.91 Å². The molecule has 20 heavy (non-hydrogen) atoms. The van der Waals surface area contributed by atoms with Gasteiger partial charge in [0.15, 0.2) is 0 Å². The SMILES string of the molecule is CC1(C(=O)O)CCCCN1C(=O)c1csc(CCN)n1. The molecular weight excluding hydrogens is 278 g/mol. The number of carbonyl (C=O) groups is 2. The molecule has 2 rings (SSSR count). The maximum Gasteiger partial charge on any atom is 0.329 e. The number of amides is 1. The van der Waals surface area contributed by atoms with Gasteiger partial charge in [-0.2, -0.15) is 0 Å². The number of piperidine rings is 1. The van der Waals surface area contributed by atoms with Gasteiger partial charge in [0.05, 0.1) is 5.01 Å². The monoisotopic (exact) mass is 297 g/mol. The molecule has 2 heterocycles. The van der Waals surface area contributed by atoms with Crippen molar-refractivity contribution < 1.29 is 14.7 Å².